The maximum atomic E-state index is 12.8. The summed E-state index contributed by atoms with van der Waals surface area (Å²) in [6.45, 7) is 3.59. The van der Waals surface area contributed by atoms with Crippen molar-refractivity contribution in [2.24, 2.45) is 11.8 Å². The van der Waals surface area contributed by atoms with Gasteiger partial charge in [0.05, 0.1) is 7.11 Å². The number of methoxy groups -OCH3 is 1. The number of rotatable bonds is 4. The smallest absolute Gasteiger partial charge is 0.253 e. The van der Waals surface area contributed by atoms with Crippen molar-refractivity contribution in [2.75, 3.05) is 38.2 Å². The molecule has 3 aliphatic rings. The Kier molecular flexibility index (Phi) is 3.99. The van der Waals surface area contributed by atoms with Crippen LogP contribution in [0.15, 0.2) is 36.7 Å². The molecule has 3 heterocycles. The van der Waals surface area contributed by atoms with Gasteiger partial charge in [0, 0.05) is 61.3 Å². The van der Waals surface area contributed by atoms with Crippen LogP contribution >= 0.6 is 0 Å². The van der Waals surface area contributed by atoms with Crippen LogP contribution in [-0.2, 0) is 0 Å². The molecule has 2 saturated heterocycles. The summed E-state index contributed by atoms with van der Waals surface area (Å²) in [7, 11) is 1.63. The fraction of sp³-hybridized carbons (Fsp3) is 0.476. The largest absolute Gasteiger partial charge is 0.497 e. The van der Waals surface area contributed by atoms with Gasteiger partial charge in [-0.3, -0.25) is 4.79 Å². The van der Waals surface area contributed by atoms with Gasteiger partial charge in [-0.25, -0.2) is 9.97 Å². The molecule has 1 amide bonds. The molecule has 1 saturated carbocycles. The first-order valence-electron chi connectivity index (χ1n) is 9.71. The average Bonchev–Trinajstić information content (AvgIpc) is 3.37. The summed E-state index contributed by atoms with van der Waals surface area (Å²) in [6, 6.07) is 9.56. The standard InChI is InChI=1S/C21H24N4O2/c1-27-18-6-4-15(5-7-18)21(26)25-11-16-9-24(10-17(16)12-25)20-8-19(14-2-3-14)22-13-23-20/h4-8,13-14,16-17H,2-3,9-12H2,1H3. The lowest BCUT2D eigenvalue weighted by molar-refractivity contribution is 0.0782. The second-order valence-corrected chi connectivity index (χ2v) is 7.94. The maximum absolute atomic E-state index is 12.8. The fourth-order valence-electron chi connectivity index (χ4n) is 4.40. The fourth-order valence-corrected chi connectivity index (χ4v) is 4.40. The monoisotopic (exact) mass is 364 g/mol. The predicted molar refractivity (Wildman–Crippen MR) is 102 cm³/mol. The number of amides is 1. The Morgan fingerprint density at radius 1 is 1.04 bits per heavy atom. The second kappa shape index (κ2) is 6.51. The van der Waals surface area contributed by atoms with Gasteiger partial charge < -0.3 is 14.5 Å². The molecule has 6 heteroatoms. The molecule has 1 aromatic carbocycles. The lowest BCUT2D eigenvalue weighted by Gasteiger charge is -2.22. The van der Waals surface area contributed by atoms with E-state index in [-0.39, 0.29) is 5.91 Å². The third-order valence-electron chi connectivity index (χ3n) is 6.10. The zero-order valence-electron chi connectivity index (χ0n) is 15.5. The molecule has 2 aromatic rings. The predicted octanol–water partition coefficient (Wildman–Crippen LogP) is 2.57. The van der Waals surface area contributed by atoms with Gasteiger partial charge in [-0.15, -0.1) is 0 Å². The first-order chi connectivity index (χ1) is 13.2. The van der Waals surface area contributed by atoms with Crippen LogP contribution in [0.25, 0.3) is 0 Å². The van der Waals surface area contributed by atoms with Crippen molar-refractivity contribution >= 4 is 11.7 Å². The minimum Gasteiger partial charge on any atom is -0.497 e. The highest BCUT2D eigenvalue weighted by molar-refractivity contribution is 5.94. The number of carbonyl (C=O) groups excluding carboxylic acids is 1. The number of hydrogen-bond donors (Lipinski definition) is 0. The van der Waals surface area contributed by atoms with E-state index < -0.39 is 0 Å². The van der Waals surface area contributed by atoms with E-state index in [2.05, 4.69) is 20.9 Å². The Labute approximate surface area is 159 Å². The lowest BCUT2D eigenvalue weighted by Crippen LogP contribution is -2.33. The molecule has 5 rings (SSSR count). The molecule has 0 bridgehead atoms. The van der Waals surface area contributed by atoms with Crippen molar-refractivity contribution in [3.63, 3.8) is 0 Å². The van der Waals surface area contributed by atoms with Crippen molar-refractivity contribution in [1.82, 2.24) is 14.9 Å². The molecule has 0 spiro atoms. The van der Waals surface area contributed by atoms with Gasteiger partial charge in [0.1, 0.15) is 17.9 Å². The van der Waals surface area contributed by atoms with E-state index in [0.29, 0.717) is 17.8 Å². The van der Waals surface area contributed by atoms with Crippen molar-refractivity contribution < 1.29 is 9.53 Å². The van der Waals surface area contributed by atoms with Crippen LogP contribution in [0.5, 0.6) is 5.75 Å². The molecule has 1 aliphatic carbocycles. The number of fused-ring (bicyclic) bond motifs is 1. The number of hydrogen-bond acceptors (Lipinski definition) is 5. The molecule has 0 N–H and O–H groups in total. The number of benzene rings is 1. The maximum Gasteiger partial charge on any atom is 0.253 e. The topological polar surface area (TPSA) is 58.6 Å². The molecule has 3 fully saturated rings. The number of carbonyl (C=O) groups is 1. The zero-order valence-corrected chi connectivity index (χ0v) is 15.5. The van der Waals surface area contributed by atoms with Crippen LogP contribution in [0.3, 0.4) is 0 Å². The van der Waals surface area contributed by atoms with Crippen molar-refractivity contribution in [2.45, 2.75) is 18.8 Å². The van der Waals surface area contributed by atoms with Crippen molar-refractivity contribution in [1.29, 1.82) is 0 Å². The normalized spacial score (nSPS) is 24.2. The molecular formula is C21H24N4O2. The molecule has 0 radical (unpaired) electrons. The van der Waals surface area contributed by atoms with E-state index in [1.54, 1.807) is 13.4 Å². The van der Waals surface area contributed by atoms with Crippen LogP contribution in [0, 0.1) is 11.8 Å². The highest BCUT2D eigenvalue weighted by Crippen LogP contribution is 2.40. The van der Waals surface area contributed by atoms with Gasteiger partial charge in [-0.1, -0.05) is 0 Å². The number of aromatic nitrogens is 2. The SMILES string of the molecule is COc1ccc(C(=O)N2CC3CN(c4cc(C5CC5)ncn4)CC3C2)cc1. The molecule has 2 unspecified atom stereocenters. The van der Waals surface area contributed by atoms with Crippen LogP contribution in [0.4, 0.5) is 5.82 Å². The van der Waals surface area contributed by atoms with Gasteiger partial charge >= 0.3 is 0 Å². The van der Waals surface area contributed by atoms with Gasteiger partial charge in [-0.05, 0) is 37.1 Å². The van der Waals surface area contributed by atoms with E-state index in [1.807, 2.05) is 29.2 Å². The minimum atomic E-state index is 0.122. The Morgan fingerprint density at radius 2 is 1.74 bits per heavy atom. The van der Waals surface area contributed by atoms with Gasteiger partial charge in [0.15, 0.2) is 0 Å². The van der Waals surface area contributed by atoms with E-state index in [0.717, 1.165) is 43.3 Å². The first-order valence-corrected chi connectivity index (χ1v) is 9.71. The zero-order chi connectivity index (χ0) is 18.4. The second-order valence-electron chi connectivity index (χ2n) is 7.94. The number of anilines is 1. The Hall–Kier alpha value is -2.63. The summed E-state index contributed by atoms with van der Waals surface area (Å²) in [5, 5.41) is 0. The van der Waals surface area contributed by atoms with Crippen LogP contribution < -0.4 is 9.64 Å². The van der Waals surface area contributed by atoms with E-state index >= 15 is 0 Å². The van der Waals surface area contributed by atoms with Gasteiger partial charge in [-0.2, -0.15) is 0 Å². The highest BCUT2D eigenvalue weighted by Gasteiger charge is 2.42. The number of nitrogens with zero attached hydrogens (tertiary/aromatic N) is 4. The summed E-state index contributed by atoms with van der Waals surface area (Å²) in [5.41, 5.74) is 1.92. The third-order valence-corrected chi connectivity index (χ3v) is 6.10. The van der Waals surface area contributed by atoms with Gasteiger partial charge in [0.25, 0.3) is 5.91 Å². The number of likely N-dealkylation sites (tertiary alicyclic amines) is 1. The molecule has 2 aliphatic heterocycles. The summed E-state index contributed by atoms with van der Waals surface area (Å²) >= 11 is 0. The molecular weight excluding hydrogens is 340 g/mol. The minimum absolute atomic E-state index is 0.122. The van der Waals surface area contributed by atoms with Crippen LogP contribution in [-0.4, -0.2) is 54.1 Å². The Bertz CT molecular complexity index is 836. The Morgan fingerprint density at radius 3 is 2.37 bits per heavy atom. The van der Waals surface area contributed by atoms with Crippen LogP contribution in [0.1, 0.15) is 34.8 Å². The summed E-state index contributed by atoms with van der Waals surface area (Å²) in [4.78, 5) is 26.1. The molecule has 1 aromatic heterocycles. The number of ether oxygens (including phenoxy) is 1. The summed E-state index contributed by atoms with van der Waals surface area (Å²) in [6.07, 6.45) is 4.21. The van der Waals surface area contributed by atoms with E-state index in [4.69, 9.17) is 4.74 Å². The summed E-state index contributed by atoms with van der Waals surface area (Å²) in [5.74, 6) is 3.63. The Balaban J connectivity index is 1.24. The molecule has 2 atom stereocenters. The lowest BCUT2D eigenvalue weighted by atomic mass is 10.0. The van der Waals surface area contributed by atoms with Crippen LogP contribution in [0.2, 0.25) is 0 Å². The average molecular weight is 364 g/mol. The van der Waals surface area contributed by atoms with Crippen molar-refractivity contribution in [3.8, 4) is 5.75 Å². The molecule has 140 valence electrons. The molecule has 6 nitrogen and oxygen atoms in total. The van der Waals surface area contributed by atoms with Gasteiger partial charge in [0.2, 0.25) is 0 Å². The highest BCUT2D eigenvalue weighted by atomic mass is 16.5. The first kappa shape index (κ1) is 16.5. The summed E-state index contributed by atoms with van der Waals surface area (Å²) < 4.78 is 5.18. The quantitative estimate of drug-likeness (QED) is 0.835. The van der Waals surface area contributed by atoms with E-state index in [9.17, 15) is 4.79 Å². The van der Waals surface area contributed by atoms with Crippen molar-refractivity contribution in [3.05, 3.63) is 47.9 Å². The molecule has 27 heavy (non-hydrogen) atoms. The third kappa shape index (κ3) is 3.13. The van der Waals surface area contributed by atoms with E-state index in [1.165, 1.54) is 18.5 Å².